The molecule has 0 fully saturated rings. The number of rotatable bonds is 4. The standard InChI is InChI=1S/C39H24N2O2/c1-2-6-25(7-3-1)26-10-14-28(15-11-26)41(30-17-19-32-31-8-4-5-9-36(31)42-37(32)23-30)29-16-12-27-13-18-34-33-20-21-40-24-38(33)43-39(34)35(27)22-29/h1-24H. The molecule has 6 aromatic carbocycles. The highest BCUT2D eigenvalue weighted by atomic mass is 16.3. The van der Waals surface area contributed by atoms with Gasteiger partial charge in [0.25, 0.3) is 0 Å². The Labute approximate surface area is 247 Å². The maximum atomic E-state index is 6.37. The van der Waals surface area contributed by atoms with Crippen LogP contribution in [0.4, 0.5) is 17.1 Å². The Hall–Kier alpha value is -5.87. The Balaban J connectivity index is 1.26. The molecular weight excluding hydrogens is 528 g/mol. The van der Waals surface area contributed by atoms with E-state index in [0.717, 1.165) is 71.7 Å². The van der Waals surface area contributed by atoms with Gasteiger partial charge in [0.05, 0.1) is 6.20 Å². The van der Waals surface area contributed by atoms with E-state index in [2.05, 4.69) is 119 Å². The molecule has 3 aromatic heterocycles. The highest BCUT2D eigenvalue weighted by Crippen LogP contribution is 2.41. The van der Waals surface area contributed by atoms with Crippen molar-refractivity contribution in [2.24, 2.45) is 0 Å². The van der Waals surface area contributed by atoms with Crippen LogP contribution in [0.15, 0.2) is 155 Å². The van der Waals surface area contributed by atoms with Gasteiger partial charge in [-0.1, -0.05) is 72.8 Å². The lowest BCUT2D eigenvalue weighted by molar-refractivity contribution is 0.669. The predicted octanol–water partition coefficient (Wildman–Crippen LogP) is 11.2. The van der Waals surface area contributed by atoms with E-state index in [0.29, 0.717) is 0 Å². The summed E-state index contributed by atoms with van der Waals surface area (Å²) in [7, 11) is 0. The number of aromatic nitrogens is 1. The third-order valence-electron chi connectivity index (χ3n) is 8.35. The topological polar surface area (TPSA) is 42.4 Å². The van der Waals surface area contributed by atoms with E-state index < -0.39 is 0 Å². The van der Waals surface area contributed by atoms with E-state index in [-0.39, 0.29) is 0 Å². The maximum absolute atomic E-state index is 6.37. The fraction of sp³-hybridized carbons (Fsp3) is 0. The molecule has 0 aliphatic carbocycles. The SMILES string of the molecule is c1ccc(-c2ccc(N(c3ccc4c(c3)oc3ccccc34)c3ccc4ccc5c6ccncc6oc5c4c3)cc2)cc1. The minimum Gasteiger partial charge on any atom is -0.456 e. The first kappa shape index (κ1) is 23.8. The van der Waals surface area contributed by atoms with Crippen LogP contribution in [0.3, 0.4) is 0 Å². The van der Waals surface area contributed by atoms with E-state index in [1.165, 1.54) is 11.1 Å². The minimum atomic E-state index is 0.791. The van der Waals surface area contributed by atoms with Crippen molar-refractivity contribution in [3.63, 3.8) is 0 Å². The van der Waals surface area contributed by atoms with Gasteiger partial charge in [-0.15, -0.1) is 0 Å². The summed E-state index contributed by atoms with van der Waals surface area (Å²) in [6.07, 6.45) is 3.60. The number of fused-ring (bicyclic) bond motifs is 8. The van der Waals surface area contributed by atoms with Crippen LogP contribution in [-0.4, -0.2) is 4.98 Å². The molecule has 3 heterocycles. The summed E-state index contributed by atoms with van der Waals surface area (Å²) in [5.41, 5.74) is 8.87. The molecule has 9 aromatic rings. The van der Waals surface area contributed by atoms with Crippen molar-refractivity contribution in [2.75, 3.05) is 4.90 Å². The van der Waals surface area contributed by atoms with Crippen LogP contribution in [0.5, 0.6) is 0 Å². The van der Waals surface area contributed by atoms with Gasteiger partial charge in [0.15, 0.2) is 5.58 Å². The Morgan fingerprint density at radius 2 is 1.12 bits per heavy atom. The third kappa shape index (κ3) is 3.81. The van der Waals surface area contributed by atoms with Gasteiger partial charge in [0.1, 0.15) is 16.7 Å². The van der Waals surface area contributed by atoms with Crippen molar-refractivity contribution in [1.29, 1.82) is 0 Å². The van der Waals surface area contributed by atoms with Gasteiger partial charge < -0.3 is 13.7 Å². The molecule has 4 heteroatoms. The third-order valence-corrected chi connectivity index (χ3v) is 8.35. The van der Waals surface area contributed by atoms with E-state index in [4.69, 9.17) is 8.83 Å². The summed E-state index contributed by atoms with van der Waals surface area (Å²) in [6, 6.07) is 46.7. The first-order chi connectivity index (χ1) is 21.3. The lowest BCUT2D eigenvalue weighted by Gasteiger charge is -2.26. The van der Waals surface area contributed by atoms with E-state index in [9.17, 15) is 0 Å². The first-order valence-electron chi connectivity index (χ1n) is 14.4. The van der Waals surface area contributed by atoms with Crippen LogP contribution in [0.25, 0.3) is 65.8 Å². The normalized spacial score (nSPS) is 11.7. The van der Waals surface area contributed by atoms with Gasteiger partial charge in [-0.25, -0.2) is 0 Å². The zero-order valence-electron chi connectivity index (χ0n) is 23.1. The number of anilines is 3. The second-order valence-corrected chi connectivity index (χ2v) is 10.8. The van der Waals surface area contributed by atoms with Gasteiger partial charge >= 0.3 is 0 Å². The molecule has 9 rings (SSSR count). The lowest BCUT2D eigenvalue weighted by Crippen LogP contribution is -2.09. The number of benzene rings is 6. The molecule has 202 valence electrons. The van der Waals surface area contributed by atoms with Crippen molar-refractivity contribution >= 4 is 71.7 Å². The number of pyridine rings is 1. The lowest BCUT2D eigenvalue weighted by atomic mass is 10.0. The molecule has 0 bridgehead atoms. The first-order valence-corrected chi connectivity index (χ1v) is 14.4. The highest BCUT2D eigenvalue weighted by Gasteiger charge is 2.18. The maximum Gasteiger partial charge on any atom is 0.153 e. The van der Waals surface area contributed by atoms with Gasteiger partial charge in [0, 0.05) is 56.3 Å². The summed E-state index contributed by atoms with van der Waals surface area (Å²) in [5, 5.41) is 6.56. The summed E-state index contributed by atoms with van der Waals surface area (Å²) in [6.45, 7) is 0. The van der Waals surface area contributed by atoms with Gasteiger partial charge in [-0.2, -0.15) is 0 Å². The zero-order valence-corrected chi connectivity index (χ0v) is 23.1. The van der Waals surface area contributed by atoms with E-state index in [1.807, 2.05) is 30.5 Å². The summed E-state index contributed by atoms with van der Waals surface area (Å²) in [5.74, 6) is 0. The minimum absolute atomic E-state index is 0.791. The zero-order chi connectivity index (χ0) is 28.3. The largest absolute Gasteiger partial charge is 0.456 e. The molecule has 0 unspecified atom stereocenters. The molecule has 0 aliphatic rings. The van der Waals surface area contributed by atoms with Crippen molar-refractivity contribution in [1.82, 2.24) is 4.98 Å². The number of para-hydroxylation sites is 1. The monoisotopic (exact) mass is 552 g/mol. The molecule has 0 saturated carbocycles. The number of nitrogens with zero attached hydrogens (tertiary/aromatic N) is 2. The van der Waals surface area contributed by atoms with Crippen LogP contribution in [0, 0.1) is 0 Å². The molecule has 0 radical (unpaired) electrons. The number of furan rings is 2. The summed E-state index contributed by atoms with van der Waals surface area (Å²) in [4.78, 5) is 6.55. The van der Waals surface area contributed by atoms with Gasteiger partial charge in [-0.3, -0.25) is 4.98 Å². The molecule has 0 N–H and O–H groups in total. The van der Waals surface area contributed by atoms with Gasteiger partial charge in [-0.05, 0) is 71.1 Å². The number of hydrogen-bond donors (Lipinski definition) is 0. The number of hydrogen-bond acceptors (Lipinski definition) is 4. The predicted molar refractivity (Wildman–Crippen MR) is 176 cm³/mol. The fourth-order valence-corrected chi connectivity index (χ4v) is 6.27. The van der Waals surface area contributed by atoms with Crippen molar-refractivity contribution in [3.05, 3.63) is 146 Å². The van der Waals surface area contributed by atoms with Crippen molar-refractivity contribution in [2.45, 2.75) is 0 Å². The second kappa shape index (κ2) is 9.33. The Bertz CT molecular complexity index is 2450. The van der Waals surface area contributed by atoms with Crippen LogP contribution in [0.2, 0.25) is 0 Å². The fourth-order valence-electron chi connectivity index (χ4n) is 6.27. The molecule has 0 spiro atoms. The molecular formula is C39H24N2O2. The van der Waals surface area contributed by atoms with Crippen LogP contribution in [-0.2, 0) is 0 Å². The summed E-state index contributed by atoms with van der Waals surface area (Å²) >= 11 is 0. The average molecular weight is 553 g/mol. The molecule has 0 saturated heterocycles. The highest BCUT2D eigenvalue weighted by molar-refractivity contribution is 6.15. The van der Waals surface area contributed by atoms with Crippen molar-refractivity contribution in [3.8, 4) is 11.1 Å². The summed E-state index contributed by atoms with van der Waals surface area (Å²) < 4.78 is 12.7. The molecule has 0 amide bonds. The Morgan fingerprint density at radius 1 is 0.442 bits per heavy atom. The smallest absolute Gasteiger partial charge is 0.153 e. The second-order valence-electron chi connectivity index (χ2n) is 10.8. The molecule has 0 atom stereocenters. The Kier molecular flexibility index (Phi) is 5.16. The average Bonchev–Trinajstić information content (AvgIpc) is 3.64. The molecule has 0 aliphatic heterocycles. The molecule has 43 heavy (non-hydrogen) atoms. The van der Waals surface area contributed by atoms with Crippen LogP contribution >= 0.6 is 0 Å². The Morgan fingerprint density at radius 3 is 2.02 bits per heavy atom. The quantitative estimate of drug-likeness (QED) is 0.218. The van der Waals surface area contributed by atoms with Crippen LogP contribution < -0.4 is 4.90 Å². The van der Waals surface area contributed by atoms with Gasteiger partial charge in [0.2, 0.25) is 0 Å². The van der Waals surface area contributed by atoms with Crippen molar-refractivity contribution < 1.29 is 8.83 Å². The van der Waals surface area contributed by atoms with Crippen LogP contribution in [0.1, 0.15) is 0 Å². The van der Waals surface area contributed by atoms with E-state index in [1.54, 1.807) is 6.20 Å². The van der Waals surface area contributed by atoms with E-state index >= 15 is 0 Å². The molecule has 4 nitrogen and oxygen atoms in total.